The highest BCUT2D eigenvalue weighted by molar-refractivity contribution is 5.39. The van der Waals surface area contributed by atoms with E-state index in [1.807, 2.05) is 0 Å². The first kappa shape index (κ1) is 13.5. The molecule has 1 unspecified atom stereocenters. The van der Waals surface area contributed by atoms with Gasteiger partial charge in [0.05, 0.1) is 0 Å². The normalized spacial score (nSPS) is 12.3. The third-order valence-corrected chi connectivity index (χ3v) is 2.84. The van der Waals surface area contributed by atoms with E-state index in [1.54, 1.807) is 19.9 Å². The zero-order valence-electron chi connectivity index (χ0n) is 10.8. The first-order chi connectivity index (χ1) is 8.97. The van der Waals surface area contributed by atoms with Gasteiger partial charge in [-0.05, 0) is 55.3 Å². The van der Waals surface area contributed by atoms with Gasteiger partial charge in [0, 0.05) is 6.04 Å². The number of hydrogen-bond acceptors (Lipinski definition) is 2. The van der Waals surface area contributed by atoms with Gasteiger partial charge in [-0.15, -0.1) is 0 Å². The zero-order valence-corrected chi connectivity index (χ0v) is 10.8. The number of hydrogen-bond donors (Lipinski definition) is 1. The second-order valence-corrected chi connectivity index (χ2v) is 4.49. The molecule has 19 heavy (non-hydrogen) atoms. The molecule has 0 saturated heterocycles. The Labute approximate surface area is 110 Å². The third-order valence-electron chi connectivity index (χ3n) is 2.84. The molecule has 2 aromatic rings. The van der Waals surface area contributed by atoms with E-state index in [0.29, 0.717) is 16.9 Å². The lowest BCUT2D eigenvalue weighted by Crippen LogP contribution is -2.05. The van der Waals surface area contributed by atoms with Gasteiger partial charge in [-0.1, -0.05) is 6.07 Å². The fraction of sp³-hybridized carbons (Fsp3) is 0.200. The van der Waals surface area contributed by atoms with Gasteiger partial charge in [-0.3, -0.25) is 0 Å². The van der Waals surface area contributed by atoms with Gasteiger partial charge in [-0.2, -0.15) is 0 Å². The number of ether oxygens (including phenoxy) is 1. The van der Waals surface area contributed by atoms with E-state index < -0.39 is 5.82 Å². The molecule has 4 heteroatoms. The molecule has 1 atom stereocenters. The van der Waals surface area contributed by atoms with Crippen molar-refractivity contribution in [2.45, 2.75) is 19.9 Å². The van der Waals surface area contributed by atoms with Crippen LogP contribution in [0.5, 0.6) is 11.5 Å². The third kappa shape index (κ3) is 3.09. The van der Waals surface area contributed by atoms with E-state index in [1.165, 1.54) is 30.3 Å². The Balaban J connectivity index is 2.28. The summed E-state index contributed by atoms with van der Waals surface area (Å²) in [7, 11) is 0. The molecule has 2 aromatic carbocycles. The molecule has 100 valence electrons. The van der Waals surface area contributed by atoms with Crippen LogP contribution in [-0.4, -0.2) is 0 Å². The van der Waals surface area contributed by atoms with Crippen LogP contribution in [0.15, 0.2) is 36.4 Å². The maximum absolute atomic E-state index is 13.9. The Kier molecular flexibility index (Phi) is 3.81. The Bertz CT molecular complexity index is 597. The standard InChI is InChI=1S/C15H15F2NO/c1-9-7-12(16)4-6-14(9)19-15-5-3-11(10(2)18)8-13(15)17/h3-8,10H,18H2,1-2H3. The topological polar surface area (TPSA) is 35.2 Å². The average molecular weight is 263 g/mol. The highest BCUT2D eigenvalue weighted by Crippen LogP contribution is 2.28. The summed E-state index contributed by atoms with van der Waals surface area (Å²) >= 11 is 0. The molecule has 0 amide bonds. The van der Waals surface area contributed by atoms with Crippen molar-refractivity contribution in [1.29, 1.82) is 0 Å². The molecule has 0 aliphatic carbocycles. The minimum absolute atomic E-state index is 0.0964. The van der Waals surface area contributed by atoms with Gasteiger partial charge in [0.15, 0.2) is 11.6 Å². The van der Waals surface area contributed by atoms with Crippen LogP contribution in [0.3, 0.4) is 0 Å². The van der Waals surface area contributed by atoms with Crippen molar-refractivity contribution in [2.24, 2.45) is 5.73 Å². The number of aryl methyl sites for hydroxylation is 1. The van der Waals surface area contributed by atoms with Crippen molar-refractivity contribution in [1.82, 2.24) is 0 Å². The predicted molar refractivity (Wildman–Crippen MR) is 70.2 cm³/mol. The summed E-state index contributed by atoms with van der Waals surface area (Å²) in [5, 5.41) is 0. The smallest absolute Gasteiger partial charge is 0.166 e. The molecule has 0 saturated carbocycles. The van der Waals surface area contributed by atoms with Crippen LogP contribution in [-0.2, 0) is 0 Å². The molecule has 0 heterocycles. The Morgan fingerprint density at radius 3 is 2.32 bits per heavy atom. The molecule has 0 bridgehead atoms. The second kappa shape index (κ2) is 5.36. The minimum Gasteiger partial charge on any atom is -0.454 e. The second-order valence-electron chi connectivity index (χ2n) is 4.49. The molecule has 2 N–H and O–H groups in total. The van der Waals surface area contributed by atoms with Crippen LogP contribution < -0.4 is 10.5 Å². The number of nitrogens with two attached hydrogens (primary N) is 1. The van der Waals surface area contributed by atoms with Gasteiger partial charge < -0.3 is 10.5 Å². The summed E-state index contributed by atoms with van der Waals surface area (Å²) in [6, 6.07) is 8.43. The summed E-state index contributed by atoms with van der Waals surface area (Å²) < 4.78 is 32.3. The fourth-order valence-electron chi connectivity index (χ4n) is 1.73. The molecule has 0 fully saturated rings. The zero-order chi connectivity index (χ0) is 14.0. The number of halogens is 2. The maximum Gasteiger partial charge on any atom is 0.166 e. The van der Waals surface area contributed by atoms with Crippen molar-refractivity contribution < 1.29 is 13.5 Å². The van der Waals surface area contributed by atoms with E-state index >= 15 is 0 Å². The van der Waals surface area contributed by atoms with Gasteiger partial charge in [0.2, 0.25) is 0 Å². The van der Waals surface area contributed by atoms with Crippen molar-refractivity contribution in [3.05, 3.63) is 59.2 Å². The number of benzene rings is 2. The first-order valence-electron chi connectivity index (χ1n) is 5.96. The molecule has 0 radical (unpaired) electrons. The highest BCUT2D eigenvalue weighted by atomic mass is 19.1. The van der Waals surface area contributed by atoms with Crippen LogP contribution in [0, 0.1) is 18.6 Å². The van der Waals surface area contributed by atoms with Crippen LogP contribution in [0.25, 0.3) is 0 Å². The average Bonchev–Trinajstić information content (AvgIpc) is 2.34. The molecule has 0 aliphatic heterocycles. The molecular weight excluding hydrogens is 248 g/mol. The Morgan fingerprint density at radius 2 is 1.74 bits per heavy atom. The maximum atomic E-state index is 13.9. The molecule has 2 rings (SSSR count). The SMILES string of the molecule is Cc1cc(F)ccc1Oc1ccc(C(C)N)cc1F. The van der Waals surface area contributed by atoms with E-state index in [0.717, 1.165) is 0 Å². The van der Waals surface area contributed by atoms with Crippen LogP contribution in [0.1, 0.15) is 24.1 Å². The predicted octanol–water partition coefficient (Wildman–Crippen LogP) is 4.09. The molecule has 0 aliphatic rings. The van der Waals surface area contributed by atoms with Gasteiger partial charge in [0.25, 0.3) is 0 Å². The summed E-state index contributed by atoms with van der Waals surface area (Å²) in [5.41, 5.74) is 6.98. The van der Waals surface area contributed by atoms with Gasteiger partial charge in [0.1, 0.15) is 11.6 Å². The van der Waals surface area contributed by atoms with Gasteiger partial charge >= 0.3 is 0 Å². The molecular formula is C15H15F2NO. The summed E-state index contributed by atoms with van der Waals surface area (Å²) in [5.74, 6) is -0.316. The lowest BCUT2D eigenvalue weighted by molar-refractivity contribution is 0.437. The van der Waals surface area contributed by atoms with E-state index in [-0.39, 0.29) is 17.6 Å². The van der Waals surface area contributed by atoms with E-state index in [4.69, 9.17) is 10.5 Å². The Morgan fingerprint density at radius 1 is 1.05 bits per heavy atom. The van der Waals surface area contributed by atoms with E-state index in [2.05, 4.69) is 0 Å². The van der Waals surface area contributed by atoms with Crippen molar-refractivity contribution in [3.8, 4) is 11.5 Å². The quantitative estimate of drug-likeness (QED) is 0.905. The lowest BCUT2D eigenvalue weighted by Gasteiger charge is -2.11. The fourth-order valence-corrected chi connectivity index (χ4v) is 1.73. The highest BCUT2D eigenvalue weighted by Gasteiger charge is 2.10. The largest absolute Gasteiger partial charge is 0.454 e. The van der Waals surface area contributed by atoms with Crippen molar-refractivity contribution in [2.75, 3.05) is 0 Å². The first-order valence-corrected chi connectivity index (χ1v) is 5.96. The minimum atomic E-state index is -0.487. The molecule has 2 nitrogen and oxygen atoms in total. The lowest BCUT2D eigenvalue weighted by atomic mass is 10.1. The molecule has 0 spiro atoms. The summed E-state index contributed by atoms with van der Waals surface area (Å²) in [6.45, 7) is 3.48. The van der Waals surface area contributed by atoms with E-state index in [9.17, 15) is 8.78 Å². The van der Waals surface area contributed by atoms with Crippen LogP contribution in [0.4, 0.5) is 8.78 Å². The summed E-state index contributed by atoms with van der Waals surface area (Å²) in [4.78, 5) is 0. The van der Waals surface area contributed by atoms with Crippen LogP contribution >= 0.6 is 0 Å². The number of rotatable bonds is 3. The molecule has 0 aromatic heterocycles. The van der Waals surface area contributed by atoms with Crippen LogP contribution in [0.2, 0.25) is 0 Å². The van der Waals surface area contributed by atoms with Crippen molar-refractivity contribution >= 4 is 0 Å². The summed E-state index contributed by atoms with van der Waals surface area (Å²) in [6.07, 6.45) is 0. The van der Waals surface area contributed by atoms with Gasteiger partial charge in [-0.25, -0.2) is 8.78 Å². The Hall–Kier alpha value is -1.94. The van der Waals surface area contributed by atoms with Crippen molar-refractivity contribution in [3.63, 3.8) is 0 Å². The monoisotopic (exact) mass is 263 g/mol.